The van der Waals surface area contributed by atoms with E-state index in [1.807, 2.05) is 52.0 Å². The molecule has 0 saturated heterocycles. The molecule has 1 amide bonds. The Hall–Kier alpha value is -1.51. The summed E-state index contributed by atoms with van der Waals surface area (Å²) in [5.74, 6) is 0. The number of rotatable bonds is 10. The number of alkyl carbamates (subject to hydrolysis) is 1. The lowest BCUT2D eigenvalue weighted by molar-refractivity contribution is 0.0518. The zero-order valence-corrected chi connectivity index (χ0v) is 14.7. The minimum atomic E-state index is -0.459. The Bertz CT molecular complexity index is 364. The van der Waals surface area contributed by atoms with Gasteiger partial charge in [-0.15, -0.1) is 6.58 Å². The van der Waals surface area contributed by atoms with Crippen LogP contribution < -0.4 is 5.32 Å². The third-order valence-electron chi connectivity index (χ3n) is 2.92. The lowest BCUT2D eigenvalue weighted by Gasteiger charge is -2.20. The predicted octanol–water partition coefficient (Wildman–Crippen LogP) is 5.54. The Kier molecular flexibility index (Phi) is 11.2. The van der Waals surface area contributed by atoms with Gasteiger partial charge in [0.2, 0.25) is 0 Å². The topological polar surface area (TPSA) is 38.3 Å². The lowest BCUT2D eigenvalue weighted by atomic mass is 10.1. The van der Waals surface area contributed by atoms with E-state index in [0.29, 0.717) is 0 Å². The number of carbonyl (C=O) groups is 1. The number of hydrogen-bond acceptors (Lipinski definition) is 2. The van der Waals surface area contributed by atoms with Crippen LogP contribution in [-0.2, 0) is 4.74 Å². The van der Waals surface area contributed by atoms with Crippen LogP contribution in [0.3, 0.4) is 0 Å². The molecule has 0 aliphatic heterocycles. The molecule has 3 nitrogen and oxygen atoms in total. The quantitative estimate of drug-likeness (QED) is 0.327. The fourth-order valence-electron chi connectivity index (χ4n) is 1.85. The zero-order chi connectivity index (χ0) is 16.8. The van der Waals surface area contributed by atoms with Crippen molar-refractivity contribution >= 4 is 6.09 Å². The van der Waals surface area contributed by atoms with Gasteiger partial charge in [0.25, 0.3) is 0 Å². The number of carbonyl (C=O) groups excluding carboxylic acids is 1. The second-order valence-electron chi connectivity index (χ2n) is 6.53. The summed E-state index contributed by atoms with van der Waals surface area (Å²) in [5.41, 5.74) is -0.459. The molecule has 0 aliphatic carbocycles. The Labute approximate surface area is 136 Å². The molecule has 0 fully saturated rings. The van der Waals surface area contributed by atoms with Gasteiger partial charge in [-0.05, 0) is 53.4 Å². The number of ether oxygens (including phenoxy) is 1. The first-order chi connectivity index (χ1) is 10.3. The van der Waals surface area contributed by atoms with E-state index in [1.165, 1.54) is 25.7 Å². The Morgan fingerprint density at radius 1 is 1.14 bits per heavy atom. The van der Waals surface area contributed by atoms with Crippen molar-refractivity contribution in [2.45, 2.75) is 77.9 Å². The molecular weight excluding hydrogens is 274 g/mol. The maximum absolute atomic E-state index is 11.6. The van der Waals surface area contributed by atoms with Crippen LogP contribution in [0.4, 0.5) is 4.79 Å². The highest BCUT2D eigenvalue weighted by Gasteiger charge is 2.16. The fourth-order valence-corrected chi connectivity index (χ4v) is 1.85. The van der Waals surface area contributed by atoms with Crippen molar-refractivity contribution in [1.82, 2.24) is 5.32 Å². The largest absolute Gasteiger partial charge is 0.444 e. The van der Waals surface area contributed by atoms with Crippen molar-refractivity contribution in [3.05, 3.63) is 37.0 Å². The molecule has 0 aromatic heterocycles. The van der Waals surface area contributed by atoms with Crippen LogP contribution >= 0.6 is 0 Å². The Morgan fingerprint density at radius 2 is 1.77 bits per heavy atom. The van der Waals surface area contributed by atoms with Crippen LogP contribution in [0.15, 0.2) is 37.0 Å². The molecule has 1 N–H and O–H groups in total. The molecule has 0 aromatic rings. The first kappa shape index (κ1) is 20.5. The predicted molar refractivity (Wildman–Crippen MR) is 95.0 cm³/mol. The second kappa shape index (κ2) is 12.1. The van der Waals surface area contributed by atoms with Crippen molar-refractivity contribution in [3.8, 4) is 0 Å². The molecule has 0 aromatic carbocycles. The smallest absolute Gasteiger partial charge is 0.408 e. The molecule has 0 aliphatic rings. The number of allylic oxidation sites excluding steroid dienone is 4. The number of unbranched alkanes of at least 4 members (excludes halogenated alkanes) is 5. The highest BCUT2D eigenvalue weighted by Crippen LogP contribution is 2.07. The third kappa shape index (κ3) is 14.9. The van der Waals surface area contributed by atoms with E-state index in [0.717, 1.165) is 12.8 Å². The van der Waals surface area contributed by atoms with Crippen molar-refractivity contribution in [2.75, 3.05) is 0 Å². The zero-order valence-electron chi connectivity index (χ0n) is 14.7. The molecular formula is C19H33NO2. The van der Waals surface area contributed by atoms with Crippen LogP contribution in [0, 0.1) is 0 Å². The summed E-state index contributed by atoms with van der Waals surface area (Å²) in [5, 5.41) is 2.78. The minimum absolute atomic E-state index is 0.0431. The fraction of sp³-hybridized carbons (Fsp3) is 0.632. The monoisotopic (exact) mass is 307 g/mol. The van der Waals surface area contributed by atoms with Crippen LogP contribution in [0.5, 0.6) is 0 Å². The SMILES string of the molecule is C=CCCCCCC/C=C\C=C\[C@H](C)NC(=O)OC(C)(C)C. The summed E-state index contributed by atoms with van der Waals surface area (Å²) >= 11 is 0. The summed E-state index contributed by atoms with van der Waals surface area (Å²) in [6, 6.07) is -0.0431. The first-order valence-electron chi connectivity index (χ1n) is 8.29. The average molecular weight is 307 g/mol. The Balaban J connectivity index is 3.72. The van der Waals surface area contributed by atoms with Crippen LogP contribution in [0.2, 0.25) is 0 Å². The Morgan fingerprint density at radius 3 is 2.36 bits per heavy atom. The second-order valence-corrected chi connectivity index (χ2v) is 6.53. The number of hydrogen-bond donors (Lipinski definition) is 1. The number of nitrogens with one attached hydrogen (secondary N) is 1. The van der Waals surface area contributed by atoms with Crippen LogP contribution in [0.25, 0.3) is 0 Å². The maximum atomic E-state index is 11.6. The molecule has 0 spiro atoms. The molecule has 0 unspecified atom stereocenters. The average Bonchev–Trinajstić information content (AvgIpc) is 2.38. The van der Waals surface area contributed by atoms with Gasteiger partial charge in [0.05, 0.1) is 0 Å². The highest BCUT2D eigenvalue weighted by atomic mass is 16.6. The molecule has 1 atom stereocenters. The summed E-state index contributed by atoms with van der Waals surface area (Å²) in [7, 11) is 0. The van der Waals surface area contributed by atoms with E-state index >= 15 is 0 Å². The van der Waals surface area contributed by atoms with E-state index in [9.17, 15) is 4.79 Å². The van der Waals surface area contributed by atoms with Gasteiger partial charge in [-0.1, -0.05) is 43.2 Å². The minimum Gasteiger partial charge on any atom is -0.444 e. The molecule has 0 bridgehead atoms. The molecule has 126 valence electrons. The van der Waals surface area contributed by atoms with E-state index < -0.39 is 5.60 Å². The molecule has 0 heterocycles. The standard InChI is InChI=1S/C19H33NO2/c1-6-7-8-9-10-11-12-13-14-15-16-17(2)20-18(21)22-19(3,4)5/h6,13-17H,1,7-12H2,2-5H3,(H,20,21)/b14-13-,16-15+/t17-/m0/s1. The van der Waals surface area contributed by atoms with Gasteiger partial charge in [0.1, 0.15) is 5.60 Å². The van der Waals surface area contributed by atoms with Crippen molar-refractivity contribution in [1.29, 1.82) is 0 Å². The molecule has 3 heteroatoms. The molecule has 0 saturated carbocycles. The summed E-state index contributed by atoms with van der Waals surface area (Å²) < 4.78 is 5.20. The summed E-state index contributed by atoms with van der Waals surface area (Å²) in [6.45, 7) is 11.2. The third-order valence-corrected chi connectivity index (χ3v) is 2.92. The normalized spacial score (nSPS) is 13.5. The van der Waals surface area contributed by atoms with Gasteiger partial charge >= 0.3 is 6.09 Å². The van der Waals surface area contributed by atoms with Gasteiger partial charge < -0.3 is 10.1 Å². The highest BCUT2D eigenvalue weighted by molar-refractivity contribution is 5.68. The van der Waals surface area contributed by atoms with E-state index in [4.69, 9.17) is 4.74 Å². The lowest BCUT2D eigenvalue weighted by Crippen LogP contribution is -2.36. The summed E-state index contributed by atoms with van der Waals surface area (Å²) in [4.78, 5) is 11.6. The summed E-state index contributed by atoms with van der Waals surface area (Å²) in [6.07, 6.45) is 17.0. The van der Waals surface area contributed by atoms with Crippen molar-refractivity contribution in [3.63, 3.8) is 0 Å². The molecule has 0 rings (SSSR count). The van der Waals surface area contributed by atoms with Gasteiger partial charge in [-0.3, -0.25) is 0 Å². The molecule has 22 heavy (non-hydrogen) atoms. The van der Waals surface area contributed by atoms with Crippen molar-refractivity contribution < 1.29 is 9.53 Å². The van der Waals surface area contributed by atoms with Crippen LogP contribution in [0.1, 0.15) is 66.2 Å². The van der Waals surface area contributed by atoms with Crippen LogP contribution in [-0.4, -0.2) is 17.7 Å². The van der Waals surface area contributed by atoms with Gasteiger partial charge in [-0.2, -0.15) is 0 Å². The van der Waals surface area contributed by atoms with E-state index in [-0.39, 0.29) is 12.1 Å². The van der Waals surface area contributed by atoms with E-state index in [2.05, 4.69) is 18.0 Å². The van der Waals surface area contributed by atoms with Crippen molar-refractivity contribution in [2.24, 2.45) is 0 Å². The van der Waals surface area contributed by atoms with Gasteiger partial charge in [0, 0.05) is 6.04 Å². The first-order valence-corrected chi connectivity index (χ1v) is 8.29. The maximum Gasteiger partial charge on any atom is 0.408 e. The number of amides is 1. The molecule has 0 radical (unpaired) electrons. The van der Waals surface area contributed by atoms with Gasteiger partial charge in [-0.25, -0.2) is 4.79 Å². The van der Waals surface area contributed by atoms with E-state index in [1.54, 1.807) is 0 Å². The van der Waals surface area contributed by atoms with Gasteiger partial charge in [0.15, 0.2) is 0 Å².